The Kier molecular flexibility index (Phi) is 6.39. The van der Waals surface area contributed by atoms with Crippen LogP contribution in [0.25, 0.3) is 16.9 Å². The van der Waals surface area contributed by atoms with Gasteiger partial charge in [0.15, 0.2) is 9.84 Å². The number of rotatable bonds is 6. The fraction of sp³-hybridized carbons (Fsp3) is 0.0800. The third kappa shape index (κ3) is 5.07. The van der Waals surface area contributed by atoms with E-state index >= 15 is 0 Å². The fourth-order valence-electron chi connectivity index (χ4n) is 3.38. The summed E-state index contributed by atoms with van der Waals surface area (Å²) in [5.74, 6) is -1.09. The van der Waals surface area contributed by atoms with Crippen LogP contribution in [0.1, 0.15) is 20.7 Å². The van der Waals surface area contributed by atoms with Crippen LogP contribution in [0.4, 0.5) is 5.69 Å². The smallest absolute Gasteiger partial charge is 0.337 e. The van der Waals surface area contributed by atoms with Gasteiger partial charge in [-0.25, -0.2) is 17.9 Å². The summed E-state index contributed by atoms with van der Waals surface area (Å²) < 4.78 is 29.9. The van der Waals surface area contributed by atoms with Crippen LogP contribution in [0.3, 0.4) is 0 Å². The summed E-state index contributed by atoms with van der Waals surface area (Å²) >= 11 is 0. The second-order valence-corrected chi connectivity index (χ2v) is 9.66. The fourth-order valence-corrected chi connectivity index (χ4v) is 4.01. The number of aromatic nitrogens is 2. The molecule has 3 aromatic carbocycles. The van der Waals surface area contributed by atoms with Gasteiger partial charge in [-0.15, -0.1) is 0 Å². The monoisotopic (exact) mass is 491 g/mol. The number of sulfone groups is 1. The van der Waals surface area contributed by atoms with E-state index in [1.807, 2.05) is 0 Å². The molecule has 0 saturated heterocycles. The Bertz CT molecular complexity index is 1510. The lowest BCUT2D eigenvalue weighted by atomic mass is 10.1. The minimum atomic E-state index is -3.40. The summed E-state index contributed by atoms with van der Waals surface area (Å²) in [4.78, 5) is 25.1. The van der Waals surface area contributed by atoms with Crippen molar-refractivity contribution in [3.63, 3.8) is 0 Å². The summed E-state index contributed by atoms with van der Waals surface area (Å²) in [6.07, 6.45) is 2.63. The van der Waals surface area contributed by atoms with Crippen molar-refractivity contribution >= 4 is 27.4 Å². The SMILES string of the molecule is COC(=O)c1ccc(-n2cc(C(=O)Nc3ccccc3O)c(-c3ccc(S(C)(=O)=O)cc3)n2)cc1. The highest BCUT2D eigenvalue weighted by Gasteiger charge is 2.20. The van der Waals surface area contributed by atoms with E-state index in [1.165, 1.54) is 36.2 Å². The number of anilines is 1. The zero-order valence-electron chi connectivity index (χ0n) is 18.8. The van der Waals surface area contributed by atoms with E-state index < -0.39 is 21.7 Å². The molecule has 4 rings (SSSR count). The van der Waals surface area contributed by atoms with Crippen molar-refractivity contribution in [2.24, 2.45) is 0 Å². The quantitative estimate of drug-likeness (QED) is 0.311. The Balaban J connectivity index is 1.77. The molecule has 9 nitrogen and oxygen atoms in total. The average Bonchev–Trinajstić information content (AvgIpc) is 3.30. The van der Waals surface area contributed by atoms with Crippen LogP contribution in [0.15, 0.2) is 83.9 Å². The van der Waals surface area contributed by atoms with Gasteiger partial charge in [0.1, 0.15) is 11.4 Å². The molecule has 0 saturated carbocycles. The van der Waals surface area contributed by atoms with E-state index in [0.717, 1.165) is 6.26 Å². The molecule has 178 valence electrons. The number of ether oxygens (including phenoxy) is 1. The standard InChI is InChI=1S/C25H21N3O6S/c1-34-25(31)17-7-11-18(12-8-17)28-15-20(24(30)26-21-5-3-4-6-22(21)29)23(27-28)16-9-13-19(14-10-16)35(2,32)33/h3-15,29H,1-2H3,(H,26,30). The summed E-state index contributed by atoms with van der Waals surface area (Å²) in [6, 6.07) is 18.8. The molecule has 0 spiro atoms. The maximum Gasteiger partial charge on any atom is 0.337 e. The minimum absolute atomic E-state index is 0.0919. The molecule has 0 radical (unpaired) electrons. The molecule has 0 unspecified atom stereocenters. The molecule has 1 amide bonds. The number of phenolic OH excluding ortho intramolecular Hbond substituents is 1. The van der Waals surface area contributed by atoms with E-state index in [2.05, 4.69) is 10.4 Å². The van der Waals surface area contributed by atoms with E-state index in [0.29, 0.717) is 22.5 Å². The van der Waals surface area contributed by atoms with Gasteiger partial charge in [0, 0.05) is 18.0 Å². The van der Waals surface area contributed by atoms with Crippen molar-refractivity contribution in [3.05, 3.63) is 90.1 Å². The first-order valence-electron chi connectivity index (χ1n) is 10.4. The number of carbonyl (C=O) groups is 2. The highest BCUT2D eigenvalue weighted by molar-refractivity contribution is 7.90. The number of hydrogen-bond acceptors (Lipinski definition) is 7. The molecule has 0 aliphatic carbocycles. The van der Waals surface area contributed by atoms with Crippen LogP contribution >= 0.6 is 0 Å². The molecule has 0 atom stereocenters. The van der Waals surface area contributed by atoms with Crippen LogP contribution in [0.5, 0.6) is 5.75 Å². The van der Waals surface area contributed by atoms with Gasteiger partial charge in [0.2, 0.25) is 0 Å². The number of phenols is 1. The Morgan fingerprint density at radius 1 is 0.971 bits per heavy atom. The lowest BCUT2D eigenvalue weighted by Gasteiger charge is -2.07. The van der Waals surface area contributed by atoms with Gasteiger partial charge in [-0.1, -0.05) is 24.3 Å². The molecule has 0 aliphatic heterocycles. The molecule has 35 heavy (non-hydrogen) atoms. The Morgan fingerprint density at radius 2 is 1.63 bits per heavy atom. The number of nitrogens with zero attached hydrogens (tertiary/aromatic N) is 2. The Labute approximate surface area is 201 Å². The van der Waals surface area contributed by atoms with Crippen LogP contribution in [-0.4, -0.2) is 48.5 Å². The Hall–Kier alpha value is -4.44. The van der Waals surface area contributed by atoms with Gasteiger partial charge >= 0.3 is 5.97 Å². The van der Waals surface area contributed by atoms with E-state index in [9.17, 15) is 23.1 Å². The number of methoxy groups -OCH3 is 1. The van der Waals surface area contributed by atoms with Crippen molar-refractivity contribution in [1.29, 1.82) is 0 Å². The molecule has 1 heterocycles. The number of aromatic hydroxyl groups is 1. The molecule has 10 heteroatoms. The zero-order valence-corrected chi connectivity index (χ0v) is 19.6. The predicted molar refractivity (Wildman–Crippen MR) is 130 cm³/mol. The summed E-state index contributed by atoms with van der Waals surface area (Å²) in [7, 11) is -2.10. The Morgan fingerprint density at radius 3 is 2.23 bits per heavy atom. The van der Waals surface area contributed by atoms with Crippen molar-refractivity contribution in [2.75, 3.05) is 18.7 Å². The largest absolute Gasteiger partial charge is 0.506 e. The maximum atomic E-state index is 13.2. The zero-order chi connectivity index (χ0) is 25.2. The van der Waals surface area contributed by atoms with Crippen LogP contribution in [0.2, 0.25) is 0 Å². The molecule has 1 aromatic heterocycles. The van der Waals surface area contributed by atoms with Gasteiger partial charge in [0.05, 0.1) is 34.5 Å². The number of amides is 1. The first kappa shape index (κ1) is 23.7. The van der Waals surface area contributed by atoms with E-state index in [4.69, 9.17) is 4.74 Å². The number of para-hydroxylation sites is 2. The molecular formula is C25H21N3O6S. The summed E-state index contributed by atoms with van der Waals surface area (Å²) in [6.45, 7) is 0. The molecule has 0 aliphatic rings. The predicted octanol–water partition coefficient (Wildman–Crippen LogP) is 3.69. The molecular weight excluding hydrogens is 470 g/mol. The second kappa shape index (κ2) is 9.43. The van der Waals surface area contributed by atoms with Gasteiger partial charge in [-0.2, -0.15) is 5.10 Å². The maximum absolute atomic E-state index is 13.2. The number of carbonyl (C=O) groups excluding carboxylic acids is 2. The van der Waals surface area contributed by atoms with Crippen LogP contribution < -0.4 is 5.32 Å². The summed E-state index contributed by atoms with van der Waals surface area (Å²) in [5.41, 5.74) is 2.18. The first-order valence-corrected chi connectivity index (χ1v) is 12.2. The molecule has 4 aromatic rings. The number of benzene rings is 3. The van der Waals surface area contributed by atoms with Gasteiger partial charge in [-0.3, -0.25) is 4.79 Å². The minimum Gasteiger partial charge on any atom is -0.506 e. The van der Waals surface area contributed by atoms with Crippen LogP contribution in [0, 0.1) is 0 Å². The van der Waals surface area contributed by atoms with Gasteiger partial charge < -0.3 is 15.2 Å². The van der Waals surface area contributed by atoms with Crippen molar-refractivity contribution < 1.29 is 27.9 Å². The summed E-state index contributed by atoms with van der Waals surface area (Å²) in [5, 5.41) is 17.3. The first-order chi connectivity index (χ1) is 16.7. The van der Waals surface area contributed by atoms with Crippen molar-refractivity contribution in [3.8, 4) is 22.7 Å². The second-order valence-electron chi connectivity index (χ2n) is 7.64. The van der Waals surface area contributed by atoms with Crippen molar-refractivity contribution in [2.45, 2.75) is 4.90 Å². The van der Waals surface area contributed by atoms with E-state index in [-0.39, 0.29) is 21.9 Å². The molecule has 2 N–H and O–H groups in total. The number of nitrogens with one attached hydrogen (secondary N) is 1. The highest BCUT2D eigenvalue weighted by Crippen LogP contribution is 2.28. The van der Waals surface area contributed by atoms with Gasteiger partial charge in [-0.05, 0) is 48.5 Å². The lowest BCUT2D eigenvalue weighted by Crippen LogP contribution is -2.12. The average molecular weight is 492 g/mol. The third-order valence-electron chi connectivity index (χ3n) is 5.22. The van der Waals surface area contributed by atoms with Crippen LogP contribution in [-0.2, 0) is 14.6 Å². The number of hydrogen-bond donors (Lipinski definition) is 2. The molecule has 0 fully saturated rings. The normalized spacial score (nSPS) is 11.1. The van der Waals surface area contributed by atoms with E-state index in [1.54, 1.807) is 54.6 Å². The number of esters is 1. The highest BCUT2D eigenvalue weighted by atomic mass is 32.2. The topological polar surface area (TPSA) is 128 Å². The lowest BCUT2D eigenvalue weighted by molar-refractivity contribution is 0.0600. The van der Waals surface area contributed by atoms with Crippen molar-refractivity contribution in [1.82, 2.24) is 9.78 Å². The third-order valence-corrected chi connectivity index (χ3v) is 6.35. The van der Waals surface area contributed by atoms with Gasteiger partial charge in [0.25, 0.3) is 5.91 Å². The molecule has 0 bridgehead atoms.